The van der Waals surface area contributed by atoms with Crippen LogP contribution in [0.4, 0.5) is 0 Å². The second-order valence-electron chi connectivity index (χ2n) is 5.11. The Bertz CT molecular complexity index is 775. The molecule has 7 nitrogen and oxygen atoms in total. The van der Waals surface area contributed by atoms with Crippen molar-refractivity contribution in [2.75, 3.05) is 7.05 Å². The van der Waals surface area contributed by atoms with Crippen LogP contribution in [0.3, 0.4) is 0 Å². The van der Waals surface area contributed by atoms with E-state index in [-0.39, 0.29) is 17.2 Å². The maximum absolute atomic E-state index is 12.0. The highest BCUT2D eigenvalue weighted by atomic mass is 32.2. The Labute approximate surface area is 135 Å². The molecule has 0 saturated heterocycles. The van der Waals surface area contributed by atoms with Crippen LogP contribution in [0.1, 0.15) is 22.6 Å². The molecule has 0 aliphatic heterocycles. The quantitative estimate of drug-likeness (QED) is 0.821. The molecular weight excluding hydrogens is 318 g/mol. The van der Waals surface area contributed by atoms with Gasteiger partial charge in [-0.2, -0.15) is 0 Å². The lowest BCUT2D eigenvalue weighted by Crippen LogP contribution is -2.25. The lowest BCUT2D eigenvalue weighted by atomic mass is 10.1. The van der Waals surface area contributed by atoms with Crippen molar-refractivity contribution in [2.45, 2.75) is 31.7 Å². The summed E-state index contributed by atoms with van der Waals surface area (Å²) >= 11 is 0. The minimum absolute atomic E-state index is 0.147. The van der Waals surface area contributed by atoms with Gasteiger partial charge in [-0.05, 0) is 38.6 Å². The summed E-state index contributed by atoms with van der Waals surface area (Å²) in [6, 6.07) is 6.34. The van der Waals surface area contributed by atoms with E-state index in [1.807, 2.05) is 0 Å². The highest BCUT2D eigenvalue weighted by Gasteiger charge is 2.14. The van der Waals surface area contributed by atoms with E-state index in [1.165, 1.54) is 19.2 Å². The Morgan fingerprint density at radius 3 is 2.39 bits per heavy atom. The molecule has 23 heavy (non-hydrogen) atoms. The van der Waals surface area contributed by atoms with Gasteiger partial charge < -0.3 is 9.84 Å². The number of hydrogen-bond donors (Lipinski definition) is 2. The fraction of sp³-hybridized carbons (Fsp3) is 0.333. The maximum atomic E-state index is 12.0. The Hall–Kier alpha value is -2.19. The molecule has 0 aliphatic rings. The van der Waals surface area contributed by atoms with Crippen molar-refractivity contribution in [1.82, 2.24) is 15.2 Å². The molecule has 0 atom stereocenters. The van der Waals surface area contributed by atoms with Crippen LogP contribution in [0.25, 0.3) is 0 Å². The number of amides is 1. The van der Waals surface area contributed by atoms with Crippen molar-refractivity contribution in [2.24, 2.45) is 0 Å². The topological polar surface area (TPSA) is 101 Å². The summed E-state index contributed by atoms with van der Waals surface area (Å²) in [6.07, 6.45) is 0.202. The third-order valence-corrected chi connectivity index (χ3v) is 4.94. The third kappa shape index (κ3) is 4.17. The summed E-state index contributed by atoms with van der Waals surface area (Å²) in [4.78, 5) is 12.2. The number of carbonyl (C=O) groups is 1. The Kier molecular flexibility index (Phi) is 5.17. The molecule has 1 heterocycles. The lowest BCUT2D eigenvalue weighted by molar-refractivity contribution is -0.120. The lowest BCUT2D eigenvalue weighted by Gasteiger charge is -2.07. The van der Waals surface area contributed by atoms with Crippen molar-refractivity contribution in [1.29, 1.82) is 0 Å². The summed E-state index contributed by atoms with van der Waals surface area (Å²) < 4.78 is 30.5. The van der Waals surface area contributed by atoms with E-state index in [9.17, 15) is 13.2 Å². The molecule has 124 valence electrons. The first-order chi connectivity index (χ1) is 10.8. The first kappa shape index (κ1) is 17.2. The molecule has 0 bridgehead atoms. The molecule has 0 unspecified atom stereocenters. The van der Waals surface area contributed by atoms with Crippen LogP contribution in [0.15, 0.2) is 33.7 Å². The van der Waals surface area contributed by atoms with E-state index in [1.54, 1.807) is 26.0 Å². The number of hydrogen-bond acceptors (Lipinski definition) is 5. The predicted molar refractivity (Wildman–Crippen MR) is 84.2 cm³/mol. The number of aryl methyl sites for hydroxylation is 2. The highest BCUT2D eigenvalue weighted by molar-refractivity contribution is 7.89. The molecule has 2 aromatic rings. The van der Waals surface area contributed by atoms with Crippen LogP contribution < -0.4 is 10.0 Å². The van der Waals surface area contributed by atoms with Gasteiger partial charge in [0.2, 0.25) is 15.9 Å². The highest BCUT2D eigenvalue weighted by Crippen LogP contribution is 2.13. The summed E-state index contributed by atoms with van der Waals surface area (Å²) in [5.74, 6) is 0.491. The number of carbonyl (C=O) groups excluding carboxylic acids is 1. The molecule has 0 fully saturated rings. The summed E-state index contributed by atoms with van der Waals surface area (Å²) in [5.41, 5.74) is 2.31. The van der Waals surface area contributed by atoms with Crippen molar-refractivity contribution in [3.05, 3.63) is 46.8 Å². The molecule has 2 N–H and O–H groups in total. The van der Waals surface area contributed by atoms with Gasteiger partial charge in [0.1, 0.15) is 5.76 Å². The van der Waals surface area contributed by atoms with Gasteiger partial charge in [-0.1, -0.05) is 17.3 Å². The number of benzene rings is 1. The maximum Gasteiger partial charge on any atom is 0.240 e. The Morgan fingerprint density at radius 2 is 1.87 bits per heavy atom. The molecule has 0 aliphatic carbocycles. The average molecular weight is 337 g/mol. The molecule has 2 rings (SSSR count). The van der Waals surface area contributed by atoms with Crippen LogP contribution in [0.5, 0.6) is 0 Å². The van der Waals surface area contributed by atoms with Gasteiger partial charge in [-0.25, -0.2) is 13.1 Å². The second kappa shape index (κ2) is 6.93. The fourth-order valence-corrected chi connectivity index (χ4v) is 2.81. The number of sulfonamides is 1. The van der Waals surface area contributed by atoms with Gasteiger partial charge in [0.25, 0.3) is 0 Å². The molecule has 1 aromatic carbocycles. The first-order valence-electron chi connectivity index (χ1n) is 7.04. The summed E-state index contributed by atoms with van der Waals surface area (Å²) in [7, 11) is -2.09. The van der Waals surface area contributed by atoms with E-state index in [0.29, 0.717) is 18.0 Å². The number of nitrogens with one attached hydrogen (secondary N) is 2. The standard InChI is InChI=1S/C15H19N3O4S/c1-10-14(11(2)22-18-10)8-15(19)17-9-12-4-6-13(7-5-12)23(20,21)16-3/h4-7,16H,8-9H2,1-3H3,(H,17,19). The van der Waals surface area contributed by atoms with Crippen molar-refractivity contribution in [3.63, 3.8) is 0 Å². The molecule has 0 spiro atoms. The first-order valence-corrected chi connectivity index (χ1v) is 8.52. The predicted octanol–water partition coefficient (Wildman–Crippen LogP) is 1.06. The van der Waals surface area contributed by atoms with Crippen LogP contribution >= 0.6 is 0 Å². The van der Waals surface area contributed by atoms with Crippen LogP contribution in [0, 0.1) is 13.8 Å². The zero-order valence-corrected chi connectivity index (χ0v) is 14.0. The molecule has 1 aromatic heterocycles. The average Bonchev–Trinajstić information content (AvgIpc) is 2.85. The molecule has 8 heteroatoms. The Morgan fingerprint density at radius 1 is 1.22 bits per heavy atom. The molecule has 0 radical (unpaired) electrons. The van der Waals surface area contributed by atoms with Crippen molar-refractivity contribution in [3.8, 4) is 0 Å². The number of rotatable bonds is 6. The van der Waals surface area contributed by atoms with Crippen molar-refractivity contribution >= 4 is 15.9 Å². The smallest absolute Gasteiger partial charge is 0.240 e. The Balaban J connectivity index is 1.95. The van der Waals surface area contributed by atoms with E-state index in [0.717, 1.165) is 11.1 Å². The van der Waals surface area contributed by atoms with Gasteiger partial charge in [-0.3, -0.25) is 4.79 Å². The van der Waals surface area contributed by atoms with Gasteiger partial charge in [-0.15, -0.1) is 0 Å². The zero-order chi connectivity index (χ0) is 17.0. The summed E-state index contributed by atoms with van der Waals surface area (Å²) in [6.45, 7) is 3.88. The van der Waals surface area contributed by atoms with Crippen molar-refractivity contribution < 1.29 is 17.7 Å². The SMILES string of the molecule is CNS(=O)(=O)c1ccc(CNC(=O)Cc2c(C)noc2C)cc1. The van der Waals surface area contributed by atoms with E-state index in [2.05, 4.69) is 15.2 Å². The van der Waals surface area contributed by atoms with E-state index >= 15 is 0 Å². The second-order valence-corrected chi connectivity index (χ2v) is 6.99. The van der Waals surface area contributed by atoms with Crippen LogP contribution in [0.2, 0.25) is 0 Å². The molecule has 0 saturated carbocycles. The zero-order valence-electron chi connectivity index (χ0n) is 13.2. The van der Waals surface area contributed by atoms with Crippen LogP contribution in [-0.2, 0) is 27.8 Å². The fourth-order valence-electron chi connectivity index (χ4n) is 2.08. The summed E-state index contributed by atoms with van der Waals surface area (Å²) in [5, 5.41) is 6.60. The molecule has 1 amide bonds. The normalized spacial score (nSPS) is 11.4. The van der Waals surface area contributed by atoms with E-state index < -0.39 is 10.0 Å². The van der Waals surface area contributed by atoms with Gasteiger partial charge >= 0.3 is 0 Å². The third-order valence-electron chi connectivity index (χ3n) is 3.51. The van der Waals surface area contributed by atoms with Gasteiger partial charge in [0, 0.05) is 12.1 Å². The largest absolute Gasteiger partial charge is 0.361 e. The monoisotopic (exact) mass is 337 g/mol. The number of aromatic nitrogens is 1. The molecular formula is C15H19N3O4S. The van der Waals surface area contributed by atoms with E-state index in [4.69, 9.17) is 4.52 Å². The van der Waals surface area contributed by atoms with Crippen LogP contribution in [-0.4, -0.2) is 26.5 Å². The minimum atomic E-state index is -3.44. The number of nitrogens with zero attached hydrogens (tertiary/aromatic N) is 1. The minimum Gasteiger partial charge on any atom is -0.361 e. The van der Waals surface area contributed by atoms with Gasteiger partial charge in [0.15, 0.2) is 0 Å². The van der Waals surface area contributed by atoms with Gasteiger partial charge in [0.05, 0.1) is 17.0 Å².